The maximum Gasteiger partial charge on any atom is 0.417 e. The van der Waals surface area contributed by atoms with Crippen molar-refractivity contribution in [1.82, 2.24) is 9.97 Å². The van der Waals surface area contributed by atoms with Gasteiger partial charge >= 0.3 is 12.1 Å². The Labute approximate surface area is 175 Å². The van der Waals surface area contributed by atoms with Crippen LogP contribution in [0, 0.1) is 0 Å². The van der Waals surface area contributed by atoms with Gasteiger partial charge in [-0.2, -0.15) is 24.5 Å². The van der Waals surface area contributed by atoms with Crippen molar-refractivity contribution in [3.63, 3.8) is 0 Å². The smallest absolute Gasteiger partial charge is 0.417 e. The van der Waals surface area contributed by atoms with Gasteiger partial charge in [0, 0.05) is 22.5 Å². The second kappa shape index (κ2) is 8.89. The summed E-state index contributed by atoms with van der Waals surface area (Å²) in [5.41, 5.74) is 0.422. The Morgan fingerprint density at radius 3 is 2.72 bits per heavy atom. The third kappa shape index (κ3) is 5.75. The van der Waals surface area contributed by atoms with E-state index in [0.29, 0.717) is 18.0 Å². The van der Waals surface area contributed by atoms with Crippen molar-refractivity contribution in [3.05, 3.63) is 50.7 Å². The molecule has 0 aliphatic carbocycles. The molecule has 0 unspecified atom stereocenters. The van der Waals surface area contributed by atoms with Crippen molar-refractivity contribution in [3.8, 4) is 10.6 Å². The maximum atomic E-state index is 12.6. The highest BCUT2D eigenvalue weighted by Gasteiger charge is 2.31. The van der Waals surface area contributed by atoms with Gasteiger partial charge in [0.15, 0.2) is 12.4 Å². The van der Waals surface area contributed by atoms with Crippen molar-refractivity contribution in [2.24, 2.45) is 0 Å². The van der Waals surface area contributed by atoms with Gasteiger partial charge in [0.1, 0.15) is 5.01 Å². The van der Waals surface area contributed by atoms with Gasteiger partial charge in [0.25, 0.3) is 5.91 Å². The van der Waals surface area contributed by atoms with Gasteiger partial charge in [-0.3, -0.25) is 9.59 Å². The molecule has 0 spiro atoms. The van der Waals surface area contributed by atoms with Crippen LogP contribution in [0.3, 0.4) is 0 Å². The molecular formula is C17H11ClF3N3O3S2. The molecule has 0 saturated heterocycles. The molecule has 0 aliphatic rings. The molecule has 0 radical (unpaired) electrons. The lowest BCUT2D eigenvalue weighted by molar-refractivity contribution is -0.146. The molecule has 0 saturated carbocycles. The van der Waals surface area contributed by atoms with Crippen molar-refractivity contribution in [1.29, 1.82) is 0 Å². The average Bonchev–Trinajstić information content (AvgIpc) is 3.32. The van der Waals surface area contributed by atoms with Crippen molar-refractivity contribution in [2.75, 3.05) is 11.9 Å². The standard InChI is InChI=1S/C17H11ClF3N3O3S2/c18-12-3-10(17(19,20)21)5-22-15(12)24-13(25)6-27-14(26)4-11-8-29-16(23-11)9-1-2-28-7-9/h1-3,5,7-8H,4,6H2,(H,22,24,25). The predicted molar refractivity (Wildman–Crippen MR) is 103 cm³/mol. The van der Waals surface area contributed by atoms with Gasteiger partial charge in [-0.1, -0.05) is 11.6 Å². The zero-order valence-electron chi connectivity index (χ0n) is 14.3. The molecule has 0 aromatic carbocycles. The number of aromatic nitrogens is 2. The summed E-state index contributed by atoms with van der Waals surface area (Å²) in [4.78, 5) is 31.5. The van der Waals surface area contributed by atoms with Crippen LogP contribution >= 0.6 is 34.3 Å². The summed E-state index contributed by atoms with van der Waals surface area (Å²) in [6.07, 6.45) is -4.18. The molecule has 0 aliphatic heterocycles. The highest BCUT2D eigenvalue weighted by atomic mass is 35.5. The lowest BCUT2D eigenvalue weighted by Crippen LogP contribution is -2.22. The lowest BCUT2D eigenvalue weighted by atomic mass is 10.3. The summed E-state index contributed by atoms with van der Waals surface area (Å²) in [5, 5.41) is 8.15. The van der Waals surface area contributed by atoms with E-state index in [2.05, 4.69) is 15.3 Å². The van der Waals surface area contributed by atoms with E-state index in [1.807, 2.05) is 16.8 Å². The number of thiazole rings is 1. The Hall–Kier alpha value is -2.50. The molecule has 29 heavy (non-hydrogen) atoms. The Morgan fingerprint density at radius 2 is 2.07 bits per heavy atom. The number of amides is 1. The zero-order valence-corrected chi connectivity index (χ0v) is 16.7. The number of hydrogen-bond donors (Lipinski definition) is 1. The number of thiophene rings is 1. The molecule has 1 N–H and O–H groups in total. The van der Waals surface area contributed by atoms with E-state index in [9.17, 15) is 22.8 Å². The molecule has 0 fully saturated rings. The van der Waals surface area contributed by atoms with E-state index in [0.717, 1.165) is 10.6 Å². The Morgan fingerprint density at radius 1 is 1.28 bits per heavy atom. The number of nitrogens with zero attached hydrogens (tertiary/aromatic N) is 2. The number of ether oxygens (including phenoxy) is 1. The molecule has 3 aromatic rings. The van der Waals surface area contributed by atoms with Crippen LogP contribution in [0.1, 0.15) is 11.3 Å². The fourth-order valence-electron chi connectivity index (χ4n) is 2.10. The number of esters is 1. The molecule has 3 aromatic heterocycles. The lowest BCUT2D eigenvalue weighted by Gasteiger charge is -2.10. The van der Waals surface area contributed by atoms with Crippen LogP contribution in [-0.2, 0) is 26.9 Å². The Bertz CT molecular complexity index is 1020. The van der Waals surface area contributed by atoms with Gasteiger partial charge in [0.2, 0.25) is 0 Å². The van der Waals surface area contributed by atoms with Crippen LogP contribution in [0.5, 0.6) is 0 Å². The van der Waals surface area contributed by atoms with E-state index in [1.165, 1.54) is 22.7 Å². The van der Waals surface area contributed by atoms with Crippen molar-refractivity contribution < 1.29 is 27.5 Å². The van der Waals surface area contributed by atoms with Crippen molar-refractivity contribution in [2.45, 2.75) is 12.6 Å². The van der Waals surface area contributed by atoms with Gasteiger partial charge in [-0.15, -0.1) is 11.3 Å². The number of carbonyl (C=O) groups excluding carboxylic acids is 2. The first kappa shape index (κ1) is 21.2. The summed E-state index contributed by atoms with van der Waals surface area (Å²) >= 11 is 8.62. The summed E-state index contributed by atoms with van der Waals surface area (Å²) < 4.78 is 42.6. The predicted octanol–water partition coefficient (Wildman–Crippen LogP) is 4.66. The molecular weight excluding hydrogens is 451 g/mol. The third-order valence-electron chi connectivity index (χ3n) is 3.44. The van der Waals surface area contributed by atoms with E-state index in [-0.39, 0.29) is 17.3 Å². The second-order valence-corrected chi connectivity index (χ2v) is 7.64. The van der Waals surface area contributed by atoms with Crippen LogP contribution < -0.4 is 5.32 Å². The minimum atomic E-state index is -4.60. The van der Waals surface area contributed by atoms with E-state index < -0.39 is 30.2 Å². The molecule has 0 bridgehead atoms. The third-order valence-corrected chi connectivity index (χ3v) is 5.35. The van der Waals surface area contributed by atoms with E-state index in [1.54, 1.807) is 5.38 Å². The number of pyridine rings is 1. The first-order chi connectivity index (χ1) is 13.7. The molecule has 3 rings (SSSR count). The summed E-state index contributed by atoms with van der Waals surface area (Å²) in [6, 6.07) is 2.56. The van der Waals surface area contributed by atoms with Gasteiger partial charge in [0.05, 0.1) is 22.7 Å². The van der Waals surface area contributed by atoms with E-state index in [4.69, 9.17) is 16.3 Å². The fraction of sp³-hybridized carbons (Fsp3) is 0.176. The van der Waals surface area contributed by atoms with Crippen LogP contribution in [0.4, 0.5) is 19.0 Å². The fourth-order valence-corrected chi connectivity index (χ4v) is 3.85. The number of halogens is 4. The van der Waals surface area contributed by atoms with Crippen molar-refractivity contribution >= 4 is 52.0 Å². The van der Waals surface area contributed by atoms with Gasteiger partial charge in [-0.25, -0.2) is 9.97 Å². The molecule has 12 heteroatoms. The molecule has 0 atom stereocenters. The maximum absolute atomic E-state index is 12.6. The number of rotatable bonds is 6. The second-order valence-electron chi connectivity index (χ2n) is 5.59. The summed E-state index contributed by atoms with van der Waals surface area (Å²) in [6.45, 7) is -0.639. The topological polar surface area (TPSA) is 81.2 Å². The normalized spacial score (nSPS) is 11.3. The number of anilines is 1. The molecule has 6 nitrogen and oxygen atoms in total. The SMILES string of the molecule is O=C(COC(=O)Cc1csc(-c2ccsc2)n1)Nc1ncc(C(F)(F)F)cc1Cl. The minimum Gasteiger partial charge on any atom is -0.455 e. The average molecular weight is 462 g/mol. The van der Waals surface area contributed by atoms with Gasteiger partial charge < -0.3 is 10.1 Å². The van der Waals surface area contributed by atoms with E-state index >= 15 is 0 Å². The van der Waals surface area contributed by atoms with Crippen LogP contribution in [0.25, 0.3) is 10.6 Å². The van der Waals surface area contributed by atoms with Crippen LogP contribution in [0.15, 0.2) is 34.5 Å². The zero-order chi connectivity index (χ0) is 21.0. The first-order valence-corrected chi connectivity index (χ1v) is 10.1. The quantitative estimate of drug-likeness (QED) is 0.540. The molecule has 152 valence electrons. The number of hydrogen-bond acceptors (Lipinski definition) is 7. The highest BCUT2D eigenvalue weighted by molar-refractivity contribution is 7.14. The largest absolute Gasteiger partial charge is 0.455 e. The molecule has 1 amide bonds. The Balaban J connectivity index is 1.50. The number of nitrogens with one attached hydrogen (secondary N) is 1. The monoisotopic (exact) mass is 461 g/mol. The first-order valence-electron chi connectivity index (χ1n) is 7.87. The number of carbonyl (C=O) groups is 2. The van der Waals surface area contributed by atoms with Crippen LogP contribution in [0.2, 0.25) is 5.02 Å². The summed E-state index contributed by atoms with van der Waals surface area (Å²) in [7, 11) is 0. The minimum absolute atomic E-state index is 0.118. The highest BCUT2D eigenvalue weighted by Crippen LogP contribution is 2.32. The Kier molecular flexibility index (Phi) is 6.50. The number of alkyl halides is 3. The molecule has 3 heterocycles. The van der Waals surface area contributed by atoms with Gasteiger partial charge in [-0.05, 0) is 17.5 Å². The van der Waals surface area contributed by atoms with Crippen LogP contribution in [-0.4, -0.2) is 28.5 Å². The summed E-state index contributed by atoms with van der Waals surface area (Å²) in [5.74, 6) is -1.72.